The van der Waals surface area contributed by atoms with Crippen LogP contribution in [0, 0.1) is 11.8 Å². The van der Waals surface area contributed by atoms with Gasteiger partial charge in [-0.05, 0) is 107 Å². The molecule has 2 aromatic heterocycles. The fourth-order valence-electron chi connectivity index (χ4n) is 6.05. The summed E-state index contributed by atoms with van der Waals surface area (Å²) >= 11 is 3.40. The number of hydrogen-bond donors (Lipinski definition) is 2. The second kappa shape index (κ2) is 10.8. The molecule has 2 amide bonds. The van der Waals surface area contributed by atoms with Crippen LogP contribution >= 0.6 is 15.9 Å². The Labute approximate surface area is 238 Å². The molecule has 2 aliphatic heterocycles. The van der Waals surface area contributed by atoms with Crippen molar-refractivity contribution in [2.75, 3.05) is 13.1 Å². The van der Waals surface area contributed by atoms with Gasteiger partial charge in [0.05, 0.1) is 18.3 Å². The lowest BCUT2D eigenvalue weighted by atomic mass is 9.99. The quantitative estimate of drug-likeness (QED) is 0.383. The molecule has 39 heavy (non-hydrogen) atoms. The molecule has 4 atom stereocenters. The smallest absolute Gasteiger partial charge is 0.410 e. The van der Waals surface area contributed by atoms with Crippen molar-refractivity contribution in [3.05, 3.63) is 34.3 Å². The number of imidazole rings is 2. The second-order valence-electron chi connectivity index (χ2n) is 12.9. The van der Waals surface area contributed by atoms with Gasteiger partial charge in [-0.3, -0.25) is 9.80 Å². The van der Waals surface area contributed by atoms with Crippen LogP contribution in [-0.4, -0.2) is 66.2 Å². The zero-order chi connectivity index (χ0) is 27.9. The molecule has 0 spiro atoms. The highest BCUT2D eigenvalue weighted by molar-refractivity contribution is 9.10. The Hall–Kier alpha value is -2.56. The first-order chi connectivity index (χ1) is 18.4. The van der Waals surface area contributed by atoms with Crippen molar-refractivity contribution < 1.29 is 19.1 Å². The van der Waals surface area contributed by atoms with E-state index in [9.17, 15) is 9.59 Å². The minimum atomic E-state index is -0.551. The van der Waals surface area contributed by atoms with Crippen LogP contribution in [0.25, 0.3) is 0 Å². The van der Waals surface area contributed by atoms with Gasteiger partial charge in [0.2, 0.25) is 0 Å². The number of aromatic amines is 2. The van der Waals surface area contributed by atoms with Crippen LogP contribution in [0.5, 0.6) is 0 Å². The third-order valence-electron chi connectivity index (χ3n) is 7.88. The fraction of sp³-hybridized carbons (Fsp3) is 0.714. The summed E-state index contributed by atoms with van der Waals surface area (Å²) in [5, 5.41) is 0. The van der Waals surface area contributed by atoms with Crippen molar-refractivity contribution in [3.8, 4) is 0 Å². The molecule has 0 bridgehead atoms. The summed E-state index contributed by atoms with van der Waals surface area (Å²) in [6, 6.07) is -0.146. The first-order valence-corrected chi connectivity index (χ1v) is 14.9. The minimum Gasteiger partial charge on any atom is -0.444 e. The SMILES string of the molecule is CC(C)(C)OC(=O)N1CCC[C@H]1c1ncc(CC2C[C@@H]2CC(C)(C)OC(=O)N2CCC[C@H]2c2ncc(Br)[nH]2)[nH]1. The van der Waals surface area contributed by atoms with Crippen molar-refractivity contribution in [1.29, 1.82) is 0 Å². The number of rotatable bonds is 7. The Kier molecular flexibility index (Phi) is 7.74. The van der Waals surface area contributed by atoms with Crippen LogP contribution in [-0.2, 0) is 15.9 Å². The summed E-state index contributed by atoms with van der Waals surface area (Å²) in [6.45, 7) is 11.0. The van der Waals surface area contributed by atoms with Gasteiger partial charge in [-0.2, -0.15) is 0 Å². The average molecular weight is 606 g/mol. The maximum absolute atomic E-state index is 13.1. The van der Waals surface area contributed by atoms with Crippen LogP contribution in [0.4, 0.5) is 9.59 Å². The van der Waals surface area contributed by atoms with E-state index in [4.69, 9.17) is 9.47 Å². The molecule has 10 nitrogen and oxygen atoms in total. The number of likely N-dealkylation sites (tertiary alicyclic amines) is 2. The highest BCUT2D eigenvalue weighted by Gasteiger charge is 2.44. The summed E-state index contributed by atoms with van der Waals surface area (Å²) in [5.41, 5.74) is 0.0201. The van der Waals surface area contributed by atoms with E-state index in [0.29, 0.717) is 24.9 Å². The zero-order valence-corrected chi connectivity index (χ0v) is 25.2. The monoisotopic (exact) mass is 604 g/mol. The molecule has 11 heteroatoms. The average Bonchev–Trinajstić information content (AvgIpc) is 3.40. The molecule has 5 rings (SSSR count). The Morgan fingerprint density at radius 2 is 1.51 bits per heavy atom. The molecule has 2 saturated heterocycles. The fourth-order valence-corrected chi connectivity index (χ4v) is 6.36. The molecule has 3 aliphatic rings. The predicted molar refractivity (Wildman–Crippen MR) is 149 cm³/mol. The predicted octanol–water partition coefficient (Wildman–Crippen LogP) is 6.29. The Bertz CT molecular complexity index is 1190. The van der Waals surface area contributed by atoms with Crippen molar-refractivity contribution in [2.24, 2.45) is 11.8 Å². The molecule has 3 fully saturated rings. The van der Waals surface area contributed by atoms with Crippen molar-refractivity contribution in [1.82, 2.24) is 29.7 Å². The number of nitrogens with one attached hydrogen (secondary N) is 2. The van der Waals surface area contributed by atoms with Crippen molar-refractivity contribution >= 4 is 28.1 Å². The first kappa shape index (κ1) is 28.0. The molecule has 1 saturated carbocycles. The van der Waals surface area contributed by atoms with Gasteiger partial charge in [-0.1, -0.05) is 0 Å². The number of aromatic nitrogens is 4. The second-order valence-corrected chi connectivity index (χ2v) is 13.7. The highest BCUT2D eigenvalue weighted by Crippen LogP contribution is 2.47. The lowest BCUT2D eigenvalue weighted by Gasteiger charge is -2.30. The number of halogens is 1. The lowest BCUT2D eigenvalue weighted by molar-refractivity contribution is 0.00174. The van der Waals surface area contributed by atoms with E-state index < -0.39 is 11.2 Å². The van der Waals surface area contributed by atoms with E-state index in [1.54, 1.807) is 16.0 Å². The molecule has 4 heterocycles. The number of carbonyl (C=O) groups excluding carboxylic acids is 2. The highest BCUT2D eigenvalue weighted by atomic mass is 79.9. The Morgan fingerprint density at radius 1 is 0.923 bits per heavy atom. The standard InChI is InChI=1S/C28H41BrN6O4/c1-27(2,3)38-25(36)34-10-6-8-20(34)23-30-15-19(32-23)13-17-12-18(17)14-28(4,5)39-26(37)35-11-7-9-21(35)24-31-16-22(29)33-24/h15-18,20-21H,6-14H2,1-5H3,(H,30,32)(H,31,33)/t17?,18-,20+,21+/m1/s1. The van der Waals surface area contributed by atoms with E-state index in [-0.39, 0.29) is 24.3 Å². The summed E-state index contributed by atoms with van der Waals surface area (Å²) < 4.78 is 12.4. The van der Waals surface area contributed by atoms with E-state index in [0.717, 1.165) is 66.9 Å². The summed E-state index contributed by atoms with van der Waals surface area (Å²) in [7, 11) is 0. The number of hydrogen-bond acceptors (Lipinski definition) is 6. The molecule has 1 unspecified atom stereocenters. The summed E-state index contributed by atoms with van der Waals surface area (Å²) in [6.07, 6.45) is 9.55. The van der Waals surface area contributed by atoms with E-state index in [1.807, 2.05) is 40.8 Å². The Balaban J connectivity index is 1.12. The molecule has 2 N–H and O–H groups in total. The molecular formula is C28H41BrN6O4. The molecular weight excluding hydrogens is 564 g/mol. The number of nitrogens with zero attached hydrogens (tertiary/aromatic N) is 4. The van der Waals surface area contributed by atoms with Gasteiger partial charge in [0.1, 0.15) is 27.5 Å². The maximum Gasteiger partial charge on any atom is 0.410 e. The lowest BCUT2D eigenvalue weighted by Crippen LogP contribution is -2.38. The van der Waals surface area contributed by atoms with Gasteiger partial charge < -0.3 is 19.4 Å². The molecule has 2 aromatic rings. The van der Waals surface area contributed by atoms with Crippen LogP contribution in [0.15, 0.2) is 17.0 Å². The first-order valence-electron chi connectivity index (χ1n) is 14.1. The maximum atomic E-state index is 13.1. The van der Waals surface area contributed by atoms with Gasteiger partial charge in [-0.25, -0.2) is 19.6 Å². The molecule has 214 valence electrons. The minimum absolute atomic E-state index is 0.0707. The van der Waals surface area contributed by atoms with E-state index >= 15 is 0 Å². The van der Waals surface area contributed by atoms with Crippen LogP contribution < -0.4 is 0 Å². The third kappa shape index (κ3) is 6.78. The zero-order valence-electron chi connectivity index (χ0n) is 23.6. The Morgan fingerprint density at radius 3 is 2.10 bits per heavy atom. The van der Waals surface area contributed by atoms with Crippen LogP contribution in [0.3, 0.4) is 0 Å². The molecule has 0 radical (unpaired) electrons. The normalized spacial score (nSPS) is 25.3. The topological polar surface area (TPSA) is 116 Å². The summed E-state index contributed by atoms with van der Waals surface area (Å²) in [4.78, 5) is 45.1. The van der Waals surface area contributed by atoms with Gasteiger partial charge in [-0.15, -0.1) is 0 Å². The van der Waals surface area contributed by atoms with E-state index in [2.05, 4.69) is 35.9 Å². The van der Waals surface area contributed by atoms with Crippen molar-refractivity contribution in [2.45, 2.75) is 103 Å². The largest absolute Gasteiger partial charge is 0.444 e. The number of carbonyl (C=O) groups is 2. The molecule has 0 aromatic carbocycles. The van der Waals surface area contributed by atoms with Gasteiger partial charge in [0.15, 0.2) is 0 Å². The van der Waals surface area contributed by atoms with Crippen molar-refractivity contribution in [3.63, 3.8) is 0 Å². The molecule has 1 aliphatic carbocycles. The van der Waals surface area contributed by atoms with Gasteiger partial charge in [0.25, 0.3) is 0 Å². The van der Waals surface area contributed by atoms with Crippen LogP contribution in [0.1, 0.15) is 103 Å². The number of amides is 2. The van der Waals surface area contributed by atoms with Gasteiger partial charge in [0, 0.05) is 25.0 Å². The van der Waals surface area contributed by atoms with Gasteiger partial charge >= 0.3 is 12.2 Å². The number of ether oxygens (including phenoxy) is 2. The third-order valence-corrected chi connectivity index (χ3v) is 8.28. The van der Waals surface area contributed by atoms with E-state index in [1.165, 1.54) is 0 Å². The number of H-pyrrole nitrogens is 2. The summed E-state index contributed by atoms with van der Waals surface area (Å²) in [5.74, 6) is 2.66. The van der Waals surface area contributed by atoms with Crippen LogP contribution in [0.2, 0.25) is 0 Å².